The van der Waals surface area contributed by atoms with Gasteiger partial charge in [-0.2, -0.15) is 0 Å². The Balaban J connectivity index is 2.15. The van der Waals surface area contributed by atoms with Gasteiger partial charge in [-0.25, -0.2) is 4.39 Å². The molecule has 0 fully saturated rings. The quantitative estimate of drug-likeness (QED) is 0.917. The molecule has 1 amide bonds. The Bertz CT molecular complexity index is 594. The fourth-order valence-electron chi connectivity index (χ4n) is 1.66. The highest BCUT2D eigenvalue weighted by Crippen LogP contribution is 2.17. The van der Waals surface area contributed by atoms with Gasteiger partial charge in [0.2, 0.25) is 0 Å². The number of carbonyl (C=O) groups excluding carboxylic acids is 1. The molecule has 0 aromatic heterocycles. The number of aryl methyl sites for hydroxylation is 1. The highest BCUT2D eigenvalue weighted by Gasteiger charge is 2.09. The Morgan fingerprint density at radius 3 is 2.42 bits per heavy atom. The van der Waals surface area contributed by atoms with Crippen LogP contribution in [-0.4, -0.2) is 13.0 Å². The predicted octanol–water partition coefficient (Wildman–Crippen LogP) is 3.40. The summed E-state index contributed by atoms with van der Waals surface area (Å²) in [6.45, 7) is 1.79. The van der Waals surface area contributed by atoms with E-state index < -0.39 is 5.82 Å². The zero-order valence-corrected chi connectivity index (χ0v) is 10.7. The summed E-state index contributed by atoms with van der Waals surface area (Å²) < 4.78 is 18.6. The van der Waals surface area contributed by atoms with Crippen LogP contribution in [0.4, 0.5) is 10.1 Å². The van der Waals surface area contributed by atoms with Gasteiger partial charge in [-0.1, -0.05) is 6.07 Å². The molecule has 2 rings (SSSR count). The lowest BCUT2D eigenvalue weighted by Gasteiger charge is -2.07. The average molecular weight is 259 g/mol. The number of halogens is 1. The second-order valence-electron chi connectivity index (χ2n) is 4.17. The Kier molecular flexibility index (Phi) is 3.80. The van der Waals surface area contributed by atoms with Gasteiger partial charge in [0.05, 0.1) is 12.8 Å². The lowest BCUT2D eigenvalue weighted by Crippen LogP contribution is -2.12. The first kappa shape index (κ1) is 13.1. The van der Waals surface area contributed by atoms with E-state index in [-0.39, 0.29) is 11.6 Å². The van der Waals surface area contributed by atoms with Gasteiger partial charge in [0, 0.05) is 5.56 Å². The van der Waals surface area contributed by atoms with Crippen LogP contribution in [0.2, 0.25) is 0 Å². The SMILES string of the molecule is COc1ccc(C(=O)Nc2ccc(C)cc2F)cc1. The molecule has 2 aromatic carbocycles. The van der Waals surface area contributed by atoms with Crippen molar-refractivity contribution >= 4 is 11.6 Å². The van der Waals surface area contributed by atoms with Crippen molar-refractivity contribution in [2.75, 3.05) is 12.4 Å². The summed E-state index contributed by atoms with van der Waals surface area (Å²) in [6, 6.07) is 11.3. The molecule has 0 atom stereocenters. The number of hydrogen-bond donors (Lipinski definition) is 1. The third-order valence-corrected chi connectivity index (χ3v) is 2.72. The first-order valence-electron chi connectivity index (χ1n) is 5.81. The fourth-order valence-corrected chi connectivity index (χ4v) is 1.66. The number of carbonyl (C=O) groups is 1. The minimum absolute atomic E-state index is 0.173. The van der Waals surface area contributed by atoms with Crippen molar-refractivity contribution in [2.24, 2.45) is 0 Å². The molecule has 0 spiro atoms. The summed E-state index contributed by atoms with van der Waals surface area (Å²) in [5.74, 6) is -0.134. The number of nitrogens with one attached hydrogen (secondary N) is 1. The van der Waals surface area contributed by atoms with Crippen molar-refractivity contribution in [1.82, 2.24) is 0 Å². The fraction of sp³-hybridized carbons (Fsp3) is 0.133. The number of ether oxygens (including phenoxy) is 1. The highest BCUT2D eigenvalue weighted by molar-refractivity contribution is 6.04. The second-order valence-corrected chi connectivity index (χ2v) is 4.17. The first-order chi connectivity index (χ1) is 9.10. The summed E-state index contributed by atoms with van der Waals surface area (Å²) in [5, 5.41) is 2.54. The normalized spacial score (nSPS) is 10.1. The molecular weight excluding hydrogens is 245 g/mol. The van der Waals surface area contributed by atoms with Gasteiger partial charge in [-0.05, 0) is 48.9 Å². The molecule has 0 heterocycles. The standard InChI is InChI=1S/C15H14FNO2/c1-10-3-8-14(13(16)9-10)17-15(18)11-4-6-12(19-2)7-5-11/h3-9H,1-2H3,(H,17,18). The van der Waals surface area contributed by atoms with E-state index in [4.69, 9.17) is 4.74 Å². The molecule has 0 unspecified atom stereocenters. The summed E-state index contributed by atoms with van der Waals surface area (Å²) in [4.78, 5) is 11.9. The molecule has 2 aromatic rings. The molecule has 0 saturated carbocycles. The van der Waals surface area contributed by atoms with Crippen LogP contribution in [-0.2, 0) is 0 Å². The maximum Gasteiger partial charge on any atom is 0.255 e. The summed E-state index contributed by atoms with van der Waals surface area (Å²) in [5.41, 5.74) is 1.42. The van der Waals surface area contributed by atoms with E-state index in [0.717, 1.165) is 5.56 Å². The number of hydrogen-bond acceptors (Lipinski definition) is 2. The van der Waals surface area contributed by atoms with Crippen LogP contribution in [0.25, 0.3) is 0 Å². The van der Waals surface area contributed by atoms with Crippen LogP contribution in [0, 0.1) is 12.7 Å². The Labute approximate surface area is 111 Å². The summed E-state index contributed by atoms with van der Waals surface area (Å²) >= 11 is 0. The molecule has 0 aliphatic carbocycles. The molecule has 0 saturated heterocycles. The molecule has 0 radical (unpaired) electrons. The van der Waals surface area contributed by atoms with Gasteiger partial charge < -0.3 is 10.1 Å². The number of amides is 1. The second kappa shape index (κ2) is 5.52. The van der Waals surface area contributed by atoms with E-state index in [2.05, 4.69) is 5.32 Å². The molecule has 3 nitrogen and oxygen atoms in total. The third kappa shape index (κ3) is 3.10. The molecule has 19 heavy (non-hydrogen) atoms. The molecule has 1 N–H and O–H groups in total. The minimum Gasteiger partial charge on any atom is -0.497 e. The van der Waals surface area contributed by atoms with E-state index in [1.807, 2.05) is 0 Å². The van der Waals surface area contributed by atoms with E-state index in [1.54, 1.807) is 50.4 Å². The molecule has 0 aliphatic heterocycles. The monoisotopic (exact) mass is 259 g/mol. The van der Waals surface area contributed by atoms with E-state index in [9.17, 15) is 9.18 Å². The zero-order valence-electron chi connectivity index (χ0n) is 10.7. The van der Waals surface area contributed by atoms with Gasteiger partial charge in [0.25, 0.3) is 5.91 Å². The Morgan fingerprint density at radius 1 is 1.16 bits per heavy atom. The van der Waals surface area contributed by atoms with E-state index >= 15 is 0 Å². The number of anilines is 1. The Hall–Kier alpha value is -2.36. The van der Waals surface area contributed by atoms with Crippen molar-refractivity contribution in [1.29, 1.82) is 0 Å². The zero-order chi connectivity index (χ0) is 13.8. The van der Waals surface area contributed by atoms with Crippen LogP contribution in [0.15, 0.2) is 42.5 Å². The van der Waals surface area contributed by atoms with Gasteiger partial charge >= 0.3 is 0 Å². The number of benzene rings is 2. The van der Waals surface area contributed by atoms with Crippen molar-refractivity contribution in [2.45, 2.75) is 6.92 Å². The van der Waals surface area contributed by atoms with Gasteiger partial charge in [-0.3, -0.25) is 4.79 Å². The Morgan fingerprint density at radius 2 is 1.84 bits per heavy atom. The molecule has 4 heteroatoms. The van der Waals surface area contributed by atoms with E-state index in [1.165, 1.54) is 6.07 Å². The van der Waals surface area contributed by atoms with Crippen molar-refractivity contribution in [3.8, 4) is 5.75 Å². The van der Waals surface area contributed by atoms with Crippen molar-refractivity contribution < 1.29 is 13.9 Å². The topological polar surface area (TPSA) is 38.3 Å². The third-order valence-electron chi connectivity index (χ3n) is 2.72. The molecular formula is C15H14FNO2. The van der Waals surface area contributed by atoms with Crippen molar-refractivity contribution in [3.05, 3.63) is 59.4 Å². The van der Waals surface area contributed by atoms with Crippen LogP contribution >= 0.6 is 0 Å². The van der Waals surface area contributed by atoms with Gasteiger partial charge in [-0.15, -0.1) is 0 Å². The van der Waals surface area contributed by atoms with Gasteiger partial charge in [0.1, 0.15) is 11.6 Å². The predicted molar refractivity (Wildman–Crippen MR) is 72.1 cm³/mol. The smallest absolute Gasteiger partial charge is 0.255 e. The summed E-state index contributed by atoms with van der Waals surface area (Å²) in [7, 11) is 1.55. The summed E-state index contributed by atoms with van der Waals surface area (Å²) in [6.07, 6.45) is 0. The highest BCUT2D eigenvalue weighted by atomic mass is 19.1. The maximum absolute atomic E-state index is 13.6. The van der Waals surface area contributed by atoms with Gasteiger partial charge in [0.15, 0.2) is 0 Å². The van der Waals surface area contributed by atoms with Crippen LogP contribution < -0.4 is 10.1 Å². The van der Waals surface area contributed by atoms with Crippen molar-refractivity contribution in [3.63, 3.8) is 0 Å². The minimum atomic E-state index is -0.443. The molecule has 98 valence electrons. The van der Waals surface area contributed by atoms with Crippen LogP contribution in [0.5, 0.6) is 5.75 Å². The van der Waals surface area contributed by atoms with Crippen LogP contribution in [0.1, 0.15) is 15.9 Å². The number of rotatable bonds is 3. The maximum atomic E-state index is 13.6. The average Bonchev–Trinajstić information content (AvgIpc) is 2.42. The lowest BCUT2D eigenvalue weighted by atomic mass is 10.2. The van der Waals surface area contributed by atoms with Crippen LogP contribution in [0.3, 0.4) is 0 Å². The first-order valence-corrected chi connectivity index (χ1v) is 5.81. The molecule has 0 aliphatic rings. The lowest BCUT2D eigenvalue weighted by molar-refractivity contribution is 0.102. The largest absolute Gasteiger partial charge is 0.497 e. The molecule has 0 bridgehead atoms. The number of methoxy groups -OCH3 is 1. The van der Waals surface area contributed by atoms with E-state index in [0.29, 0.717) is 11.3 Å².